The second-order valence-electron chi connectivity index (χ2n) is 5.73. The first-order chi connectivity index (χ1) is 13.6. The van der Waals surface area contributed by atoms with Crippen LogP contribution in [0.4, 0.5) is 18.9 Å². The molecule has 1 heterocycles. The number of aromatic nitrogens is 1. The molecule has 0 fully saturated rings. The summed E-state index contributed by atoms with van der Waals surface area (Å²) in [6, 6.07) is 8.09. The van der Waals surface area contributed by atoms with Gasteiger partial charge in [-0.3, -0.25) is 4.79 Å². The lowest BCUT2D eigenvalue weighted by atomic mass is 10.1. The Kier molecular flexibility index (Phi) is 6.77. The molecule has 0 aliphatic rings. The highest BCUT2D eigenvalue weighted by molar-refractivity contribution is 6.03. The number of nitriles is 1. The molecule has 0 saturated carbocycles. The van der Waals surface area contributed by atoms with Gasteiger partial charge in [-0.1, -0.05) is 0 Å². The third kappa shape index (κ3) is 5.93. The Labute approximate surface area is 164 Å². The SMILES string of the molecule is CCOC(=O)c1ccc(C(=O)Nc2ccc(OCC(F)(F)F)c(C#N)c2)nc1C. The Morgan fingerprint density at radius 3 is 2.55 bits per heavy atom. The Bertz CT molecular complexity index is 968. The fraction of sp³-hybridized carbons (Fsp3) is 0.263. The van der Waals surface area contributed by atoms with E-state index in [2.05, 4.69) is 15.0 Å². The maximum Gasteiger partial charge on any atom is 0.422 e. The summed E-state index contributed by atoms with van der Waals surface area (Å²) in [7, 11) is 0. The summed E-state index contributed by atoms with van der Waals surface area (Å²) in [5.41, 5.74) is 0.520. The molecular weight excluding hydrogens is 391 g/mol. The number of aryl methyl sites for hydroxylation is 1. The number of amides is 1. The van der Waals surface area contributed by atoms with Crippen molar-refractivity contribution in [2.24, 2.45) is 0 Å². The lowest BCUT2D eigenvalue weighted by Gasteiger charge is -2.12. The van der Waals surface area contributed by atoms with Crippen LogP contribution < -0.4 is 10.1 Å². The first kappa shape index (κ1) is 21.7. The van der Waals surface area contributed by atoms with Gasteiger partial charge >= 0.3 is 12.1 Å². The number of alkyl halides is 3. The van der Waals surface area contributed by atoms with Crippen LogP contribution >= 0.6 is 0 Å². The molecule has 0 radical (unpaired) electrons. The number of pyridine rings is 1. The van der Waals surface area contributed by atoms with Crippen LogP contribution in [0.2, 0.25) is 0 Å². The Balaban J connectivity index is 2.15. The van der Waals surface area contributed by atoms with Gasteiger partial charge in [0, 0.05) is 5.69 Å². The van der Waals surface area contributed by atoms with E-state index in [0.717, 1.165) is 6.07 Å². The van der Waals surface area contributed by atoms with Crippen molar-refractivity contribution in [1.29, 1.82) is 5.26 Å². The predicted octanol–water partition coefficient (Wildman–Crippen LogP) is 3.63. The van der Waals surface area contributed by atoms with Gasteiger partial charge in [-0.05, 0) is 44.2 Å². The molecule has 7 nitrogen and oxygen atoms in total. The van der Waals surface area contributed by atoms with Crippen LogP contribution in [0.15, 0.2) is 30.3 Å². The highest BCUT2D eigenvalue weighted by Crippen LogP contribution is 2.25. The lowest BCUT2D eigenvalue weighted by molar-refractivity contribution is -0.153. The summed E-state index contributed by atoms with van der Waals surface area (Å²) in [4.78, 5) is 28.2. The predicted molar refractivity (Wildman–Crippen MR) is 95.6 cm³/mol. The van der Waals surface area contributed by atoms with Crippen LogP contribution in [0.25, 0.3) is 0 Å². The molecule has 2 rings (SSSR count). The van der Waals surface area contributed by atoms with Crippen LogP contribution in [0.5, 0.6) is 5.75 Å². The maximum atomic E-state index is 12.4. The molecule has 1 amide bonds. The molecule has 1 aromatic heterocycles. The van der Waals surface area contributed by atoms with Gasteiger partial charge in [-0.25, -0.2) is 9.78 Å². The van der Waals surface area contributed by atoms with Crippen molar-refractivity contribution >= 4 is 17.6 Å². The van der Waals surface area contributed by atoms with E-state index in [1.807, 2.05) is 0 Å². The first-order valence-electron chi connectivity index (χ1n) is 8.34. The standard InChI is InChI=1S/C19H16F3N3O4/c1-3-28-18(27)14-5-6-15(24-11(14)2)17(26)25-13-4-7-16(12(8-13)9-23)29-10-19(20,21)22/h4-8H,3,10H2,1-2H3,(H,25,26). The molecule has 0 spiro atoms. The molecule has 0 atom stereocenters. The molecule has 0 aliphatic carbocycles. The average Bonchev–Trinajstić information content (AvgIpc) is 2.66. The number of anilines is 1. The molecular formula is C19H16F3N3O4. The largest absolute Gasteiger partial charge is 0.483 e. The highest BCUT2D eigenvalue weighted by atomic mass is 19.4. The average molecular weight is 407 g/mol. The second kappa shape index (κ2) is 9.05. The molecule has 0 unspecified atom stereocenters. The topological polar surface area (TPSA) is 101 Å². The molecule has 152 valence electrons. The van der Waals surface area contributed by atoms with E-state index in [-0.39, 0.29) is 34.9 Å². The van der Waals surface area contributed by atoms with E-state index < -0.39 is 24.7 Å². The van der Waals surface area contributed by atoms with Gasteiger partial charge in [0.15, 0.2) is 6.61 Å². The van der Waals surface area contributed by atoms with Crippen LogP contribution in [-0.2, 0) is 4.74 Å². The van der Waals surface area contributed by atoms with E-state index in [1.165, 1.54) is 24.3 Å². The van der Waals surface area contributed by atoms with Gasteiger partial charge in [0.1, 0.15) is 17.5 Å². The van der Waals surface area contributed by atoms with Crippen LogP contribution in [-0.4, -0.2) is 36.3 Å². The minimum absolute atomic E-state index is 0.00598. The normalized spacial score (nSPS) is 10.8. The van der Waals surface area contributed by atoms with E-state index in [1.54, 1.807) is 19.9 Å². The maximum absolute atomic E-state index is 12.4. The molecule has 0 bridgehead atoms. The minimum atomic E-state index is -4.54. The van der Waals surface area contributed by atoms with Crippen molar-refractivity contribution in [3.63, 3.8) is 0 Å². The second-order valence-corrected chi connectivity index (χ2v) is 5.73. The van der Waals surface area contributed by atoms with Gasteiger partial charge < -0.3 is 14.8 Å². The number of hydrogen-bond acceptors (Lipinski definition) is 6. The molecule has 1 N–H and O–H groups in total. The van der Waals surface area contributed by atoms with Gasteiger partial charge in [0.2, 0.25) is 0 Å². The summed E-state index contributed by atoms with van der Waals surface area (Å²) in [5, 5.41) is 11.6. The number of esters is 1. The minimum Gasteiger partial charge on any atom is -0.483 e. The van der Waals surface area contributed by atoms with Gasteiger partial charge in [-0.2, -0.15) is 18.4 Å². The third-order valence-corrected chi connectivity index (χ3v) is 3.56. The summed E-state index contributed by atoms with van der Waals surface area (Å²) in [6.45, 7) is 1.87. The number of halogens is 3. The number of nitrogens with one attached hydrogen (secondary N) is 1. The molecule has 29 heavy (non-hydrogen) atoms. The van der Waals surface area contributed by atoms with Gasteiger partial charge in [0.05, 0.1) is 23.4 Å². The summed E-state index contributed by atoms with van der Waals surface area (Å²) in [5.74, 6) is -1.44. The van der Waals surface area contributed by atoms with Crippen molar-refractivity contribution in [2.75, 3.05) is 18.5 Å². The monoisotopic (exact) mass is 407 g/mol. The van der Waals surface area contributed by atoms with Crippen molar-refractivity contribution in [1.82, 2.24) is 4.98 Å². The van der Waals surface area contributed by atoms with Crippen molar-refractivity contribution in [3.05, 3.63) is 52.8 Å². The number of carbonyl (C=O) groups is 2. The Morgan fingerprint density at radius 1 is 1.24 bits per heavy atom. The van der Waals surface area contributed by atoms with Crippen molar-refractivity contribution < 1.29 is 32.2 Å². The smallest absolute Gasteiger partial charge is 0.422 e. The van der Waals surface area contributed by atoms with Crippen molar-refractivity contribution in [2.45, 2.75) is 20.0 Å². The van der Waals surface area contributed by atoms with Crippen LogP contribution in [0, 0.1) is 18.3 Å². The quantitative estimate of drug-likeness (QED) is 0.734. The Hall–Kier alpha value is -3.61. The lowest BCUT2D eigenvalue weighted by Crippen LogP contribution is -2.19. The summed E-state index contributed by atoms with van der Waals surface area (Å²) < 4.78 is 46.3. The van der Waals surface area contributed by atoms with Gasteiger partial charge in [-0.15, -0.1) is 0 Å². The number of benzene rings is 1. The van der Waals surface area contributed by atoms with E-state index in [4.69, 9.17) is 10.00 Å². The summed E-state index contributed by atoms with van der Waals surface area (Å²) in [6.07, 6.45) is -4.54. The Morgan fingerprint density at radius 2 is 1.97 bits per heavy atom. The number of carbonyl (C=O) groups excluding carboxylic acids is 2. The van der Waals surface area contributed by atoms with Gasteiger partial charge in [0.25, 0.3) is 5.91 Å². The van der Waals surface area contributed by atoms with E-state index in [0.29, 0.717) is 5.69 Å². The fourth-order valence-corrected chi connectivity index (χ4v) is 2.29. The molecule has 0 aliphatic heterocycles. The summed E-state index contributed by atoms with van der Waals surface area (Å²) >= 11 is 0. The number of hydrogen-bond donors (Lipinski definition) is 1. The number of nitrogens with zero attached hydrogens (tertiary/aromatic N) is 2. The number of rotatable bonds is 6. The first-order valence-corrected chi connectivity index (χ1v) is 8.34. The zero-order chi connectivity index (χ0) is 21.6. The third-order valence-electron chi connectivity index (χ3n) is 3.56. The van der Waals surface area contributed by atoms with Crippen LogP contribution in [0.1, 0.15) is 39.0 Å². The fourth-order valence-electron chi connectivity index (χ4n) is 2.29. The molecule has 1 aromatic carbocycles. The molecule has 2 aromatic rings. The molecule has 10 heteroatoms. The van der Waals surface area contributed by atoms with E-state index >= 15 is 0 Å². The van der Waals surface area contributed by atoms with Crippen molar-refractivity contribution in [3.8, 4) is 11.8 Å². The number of ether oxygens (including phenoxy) is 2. The van der Waals surface area contributed by atoms with E-state index in [9.17, 15) is 22.8 Å². The molecule has 0 saturated heterocycles. The zero-order valence-electron chi connectivity index (χ0n) is 15.5. The zero-order valence-corrected chi connectivity index (χ0v) is 15.5. The van der Waals surface area contributed by atoms with Crippen LogP contribution in [0.3, 0.4) is 0 Å². The highest BCUT2D eigenvalue weighted by Gasteiger charge is 2.29.